The van der Waals surface area contributed by atoms with E-state index in [-0.39, 0.29) is 6.61 Å². The summed E-state index contributed by atoms with van der Waals surface area (Å²) in [5.41, 5.74) is -1.11. The highest BCUT2D eigenvalue weighted by Gasteiger charge is 2.45. The predicted octanol–water partition coefficient (Wildman–Crippen LogP) is 4.48. The molecule has 1 rings (SSSR count). The molecule has 0 spiro atoms. The maximum atomic E-state index is 13.0. The van der Waals surface area contributed by atoms with Gasteiger partial charge in [0.2, 0.25) is 0 Å². The molecule has 0 aliphatic rings. The van der Waals surface area contributed by atoms with E-state index in [0.29, 0.717) is 10.6 Å². The van der Waals surface area contributed by atoms with Crippen molar-refractivity contribution in [3.63, 3.8) is 0 Å². The Morgan fingerprint density at radius 2 is 1.42 bits per heavy atom. The SMILES string of the molecule is C=C[C@H](OCc1ccc(OC)cc1)[C@H](C(=O)OC)N(C(=O)OC(C)(C)C)C(=O)OC(C)(C)C. The molecule has 0 saturated heterocycles. The molecular formula is C24H35NO8. The van der Waals surface area contributed by atoms with Crippen molar-refractivity contribution in [2.24, 2.45) is 0 Å². The van der Waals surface area contributed by atoms with Gasteiger partial charge in [0.1, 0.15) is 23.1 Å². The topological polar surface area (TPSA) is 101 Å². The van der Waals surface area contributed by atoms with Crippen LogP contribution < -0.4 is 4.74 Å². The van der Waals surface area contributed by atoms with Crippen LogP contribution in [-0.2, 0) is 30.3 Å². The summed E-state index contributed by atoms with van der Waals surface area (Å²) in [6, 6.07) is 5.55. The van der Waals surface area contributed by atoms with Gasteiger partial charge in [0.25, 0.3) is 0 Å². The maximum Gasteiger partial charge on any atom is 0.420 e. The number of carbonyl (C=O) groups is 3. The standard InChI is InChI=1S/C24H35NO8/c1-10-18(31-15-16-11-13-17(29-8)14-12-16)19(20(26)30-9)25(21(27)32-23(2,3)4)22(28)33-24(5,6)7/h10-14,18-19H,1,15H2,2-9H3/t18-,19+/m0/s1. The molecule has 0 aliphatic carbocycles. The Balaban J connectivity index is 3.31. The van der Waals surface area contributed by atoms with E-state index in [9.17, 15) is 14.4 Å². The normalized spacial score (nSPS) is 13.3. The van der Waals surface area contributed by atoms with Gasteiger partial charge in [-0.2, -0.15) is 4.90 Å². The zero-order valence-corrected chi connectivity index (χ0v) is 20.7. The molecule has 0 aliphatic heterocycles. The van der Waals surface area contributed by atoms with Gasteiger partial charge in [0.05, 0.1) is 20.8 Å². The van der Waals surface area contributed by atoms with Gasteiger partial charge >= 0.3 is 18.2 Å². The first-order valence-electron chi connectivity index (χ1n) is 10.4. The van der Waals surface area contributed by atoms with Gasteiger partial charge in [-0.25, -0.2) is 14.4 Å². The number of esters is 1. The highest BCUT2D eigenvalue weighted by molar-refractivity contribution is 5.94. The third-order valence-electron chi connectivity index (χ3n) is 4.05. The largest absolute Gasteiger partial charge is 0.497 e. The highest BCUT2D eigenvalue weighted by Crippen LogP contribution is 2.22. The quantitative estimate of drug-likeness (QED) is 0.315. The summed E-state index contributed by atoms with van der Waals surface area (Å²) in [5, 5.41) is 0. The van der Waals surface area contributed by atoms with Crippen LogP contribution in [0.15, 0.2) is 36.9 Å². The van der Waals surface area contributed by atoms with E-state index in [2.05, 4.69) is 6.58 Å². The van der Waals surface area contributed by atoms with Crippen LogP contribution in [0.25, 0.3) is 0 Å². The number of carbonyl (C=O) groups excluding carboxylic acids is 3. The van der Waals surface area contributed by atoms with E-state index in [1.54, 1.807) is 72.9 Å². The fraction of sp³-hybridized carbons (Fsp3) is 0.542. The fourth-order valence-corrected chi connectivity index (χ4v) is 2.63. The lowest BCUT2D eigenvalue weighted by molar-refractivity contribution is -0.151. The van der Waals surface area contributed by atoms with E-state index >= 15 is 0 Å². The molecule has 2 amide bonds. The third kappa shape index (κ3) is 9.13. The number of amides is 2. The fourth-order valence-electron chi connectivity index (χ4n) is 2.63. The molecule has 2 atom stereocenters. The molecule has 0 bridgehead atoms. The Labute approximate surface area is 195 Å². The number of nitrogens with zero attached hydrogens (tertiary/aromatic N) is 1. The molecule has 0 N–H and O–H groups in total. The first kappa shape index (κ1) is 28.0. The predicted molar refractivity (Wildman–Crippen MR) is 122 cm³/mol. The van der Waals surface area contributed by atoms with Crippen LogP contribution in [0.1, 0.15) is 47.1 Å². The van der Waals surface area contributed by atoms with E-state index in [1.807, 2.05) is 0 Å². The minimum atomic E-state index is -1.53. The summed E-state index contributed by atoms with van der Waals surface area (Å²) < 4.78 is 26.6. The van der Waals surface area contributed by atoms with Crippen LogP contribution in [0.4, 0.5) is 9.59 Å². The van der Waals surface area contributed by atoms with Gasteiger partial charge in [0, 0.05) is 0 Å². The van der Waals surface area contributed by atoms with Crippen molar-refractivity contribution in [1.82, 2.24) is 4.90 Å². The summed E-state index contributed by atoms with van der Waals surface area (Å²) >= 11 is 0. The second kappa shape index (κ2) is 11.7. The molecule has 0 radical (unpaired) electrons. The molecular weight excluding hydrogens is 430 g/mol. The van der Waals surface area contributed by atoms with Gasteiger partial charge in [-0.3, -0.25) is 0 Å². The minimum absolute atomic E-state index is 0.0602. The Kier molecular flexibility index (Phi) is 9.91. The summed E-state index contributed by atoms with van der Waals surface area (Å²) in [4.78, 5) is 39.3. The van der Waals surface area contributed by atoms with Crippen molar-refractivity contribution in [1.29, 1.82) is 0 Å². The van der Waals surface area contributed by atoms with E-state index in [0.717, 1.165) is 12.7 Å². The van der Waals surface area contributed by atoms with Crippen molar-refractivity contribution in [2.75, 3.05) is 14.2 Å². The molecule has 0 unspecified atom stereocenters. The van der Waals surface area contributed by atoms with Gasteiger partial charge in [-0.1, -0.05) is 18.2 Å². The Morgan fingerprint density at radius 3 is 1.79 bits per heavy atom. The lowest BCUT2D eigenvalue weighted by Crippen LogP contribution is -2.57. The molecule has 1 aromatic rings. The average molecular weight is 466 g/mol. The van der Waals surface area contributed by atoms with Crippen LogP contribution in [0.3, 0.4) is 0 Å². The summed E-state index contributed by atoms with van der Waals surface area (Å²) in [6.07, 6.45) is -1.95. The second-order valence-electron chi connectivity index (χ2n) is 9.16. The second-order valence-corrected chi connectivity index (χ2v) is 9.16. The van der Waals surface area contributed by atoms with Crippen LogP contribution in [0, 0.1) is 0 Å². The van der Waals surface area contributed by atoms with Gasteiger partial charge < -0.3 is 23.7 Å². The summed E-state index contributed by atoms with van der Waals surface area (Å²) in [6.45, 7) is 13.6. The Morgan fingerprint density at radius 1 is 0.939 bits per heavy atom. The van der Waals surface area contributed by atoms with Crippen molar-refractivity contribution in [2.45, 2.75) is 71.5 Å². The van der Waals surface area contributed by atoms with Crippen molar-refractivity contribution >= 4 is 18.2 Å². The zero-order chi connectivity index (χ0) is 25.4. The number of rotatable bonds is 8. The molecule has 0 saturated carbocycles. The summed E-state index contributed by atoms with van der Waals surface area (Å²) in [5.74, 6) is -0.223. The van der Waals surface area contributed by atoms with Crippen LogP contribution in [0.2, 0.25) is 0 Å². The molecule has 184 valence electrons. The van der Waals surface area contributed by atoms with Crippen LogP contribution in [-0.4, -0.2) is 60.6 Å². The molecule has 9 nitrogen and oxygen atoms in total. The zero-order valence-electron chi connectivity index (χ0n) is 20.7. The van der Waals surface area contributed by atoms with Crippen LogP contribution in [0.5, 0.6) is 5.75 Å². The first-order valence-corrected chi connectivity index (χ1v) is 10.4. The molecule has 1 aromatic carbocycles. The maximum absolute atomic E-state index is 13.0. The number of hydrogen-bond acceptors (Lipinski definition) is 8. The monoisotopic (exact) mass is 465 g/mol. The molecule has 33 heavy (non-hydrogen) atoms. The average Bonchev–Trinajstić information content (AvgIpc) is 2.70. The first-order chi connectivity index (χ1) is 15.2. The molecule has 0 heterocycles. The number of benzene rings is 1. The Bertz CT molecular complexity index is 792. The smallest absolute Gasteiger partial charge is 0.420 e. The van der Waals surface area contributed by atoms with Gasteiger partial charge in [0.15, 0.2) is 6.04 Å². The Hall–Kier alpha value is -3.07. The number of hydrogen-bond donors (Lipinski definition) is 0. The van der Waals surface area contributed by atoms with Crippen molar-refractivity contribution in [3.8, 4) is 5.75 Å². The number of methoxy groups -OCH3 is 2. The van der Waals surface area contributed by atoms with Crippen molar-refractivity contribution in [3.05, 3.63) is 42.5 Å². The van der Waals surface area contributed by atoms with E-state index in [4.69, 9.17) is 23.7 Å². The van der Waals surface area contributed by atoms with E-state index in [1.165, 1.54) is 6.08 Å². The molecule has 0 aromatic heterocycles. The summed E-state index contributed by atoms with van der Waals surface area (Å²) in [7, 11) is 2.70. The molecule has 0 fully saturated rings. The lowest BCUT2D eigenvalue weighted by atomic mass is 10.1. The lowest BCUT2D eigenvalue weighted by Gasteiger charge is -2.34. The van der Waals surface area contributed by atoms with Gasteiger partial charge in [-0.05, 0) is 59.2 Å². The molecule has 9 heteroatoms. The minimum Gasteiger partial charge on any atom is -0.497 e. The number of imide groups is 1. The van der Waals surface area contributed by atoms with Crippen LogP contribution >= 0.6 is 0 Å². The van der Waals surface area contributed by atoms with Gasteiger partial charge in [-0.15, -0.1) is 6.58 Å². The highest BCUT2D eigenvalue weighted by atomic mass is 16.6. The number of ether oxygens (including phenoxy) is 5. The third-order valence-corrected chi connectivity index (χ3v) is 4.05. The van der Waals surface area contributed by atoms with Crippen molar-refractivity contribution < 1.29 is 38.1 Å². The van der Waals surface area contributed by atoms with E-state index < -0.39 is 41.5 Å².